The molecule has 3 unspecified atom stereocenters. The minimum Gasteiger partial charge on any atom is -0.311 e. The topological polar surface area (TPSA) is 12.0 Å². The van der Waals surface area contributed by atoms with Gasteiger partial charge in [-0.05, 0) is 55.8 Å². The summed E-state index contributed by atoms with van der Waals surface area (Å²) in [5.74, 6) is 1.88. The Hall–Kier alpha value is -0.300. The maximum Gasteiger partial charge on any atom is 0.0138 e. The van der Waals surface area contributed by atoms with Crippen molar-refractivity contribution in [3.05, 3.63) is 12.2 Å². The van der Waals surface area contributed by atoms with Gasteiger partial charge < -0.3 is 5.32 Å². The minimum atomic E-state index is 0.605. The van der Waals surface area contributed by atoms with E-state index in [1.165, 1.54) is 38.5 Å². The lowest BCUT2D eigenvalue weighted by Crippen LogP contribution is -2.52. The van der Waals surface area contributed by atoms with Crippen LogP contribution in [0.5, 0.6) is 0 Å². The zero-order chi connectivity index (χ0) is 11.2. The molecule has 0 aromatic rings. The van der Waals surface area contributed by atoms with E-state index in [1.54, 1.807) is 0 Å². The summed E-state index contributed by atoms with van der Waals surface area (Å²) in [5.41, 5.74) is 0.605. The summed E-state index contributed by atoms with van der Waals surface area (Å²) >= 11 is 0. The molecule has 0 aliphatic heterocycles. The van der Waals surface area contributed by atoms with E-state index in [0.717, 1.165) is 23.9 Å². The first-order valence-electron chi connectivity index (χ1n) is 7.07. The van der Waals surface area contributed by atoms with Crippen LogP contribution in [0.1, 0.15) is 52.4 Å². The number of fused-ring (bicyclic) bond motifs is 1. The Morgan fingerprint density at radius 1 is 1.19 bits per heavy atom. The predicted molar refractivity (Wildman–Crippen MR) is 68.3 cm³/mol. The van der Waals surface area contributed by atoms with Crippen LogP contribution in [0.15, 0.2) is 12.2 Å². The Bertz CT molecular complexity index is 282. The number of rotatable bonds is 2. The van der Waals surface area contributed by atoms with Gasteiger partial charge in [0.1, 0.15) is 0 Å². The van der Waals surface area contributed by atoms with Gasteiger partial charge in [0, 0.05) is 12.1 Å². The number of hydrogen-bond donors (Lipinski definition) is 1. The van der Waals surface area contributed by atoms with Gasteiger partial charge >= 0.3 is 0 Å². The average molecular weight is 219 g/mol. The Labute approximate surface area is 99.7 Å². The van der Waals surface area contributed by atoms with Gasteiger partial charge in [-0.15, -0.1) is 0 Å². The summed E-state index contributed by atoms with van der Waals surface area (Å²) in [4.78, 5) is 0. The number of hydrogen-bond acceptors (Lipinski definition) is 1. The van der Waals surface area contributed by atoms with E-state index in [1.807, 2.05) is 0 Å². The highest BCUT2D eigenvalue weighted by molar-refractivity contribution is 5.13. The third-order valence-corrected chi connectivity index (χ3v) is 5.15. The highest BCUT2D eigenvalue weighted by atomic mass is 15.0. The van der Waals surface area contributed by atoms with Gasteiger partial charge in [0.05, 0.1) is 0 Å². The van der Waals surface area contributed by atoms with E-state index in [4.69, 9.17) is 0 Å². The lowest BCUT2D eigenvalue weighted by atomic mass is 9.70. The molecule has 0 heterocycles. The zero-order valence-corrected chi connectivity index (χ0v) is 10.7. The minimum absolute atomic E-state index is 0.605. The summed E-state index contributed by atoms with van der Waals surface area (Å²) < 4.78 is 0. The number of nitrogens with one attached hydrogen (secondary N) is 1. The first-order valence-corrected chi connectivity index (χ1v) is 7.07. The van der Waals surface area contributed by atoms with Gasteiger partial charge in [-0.25, -0.2) is 0 Å². The van der Waals surface area contributed by atoms with E-state index >= 15 is 0 Å². The van der Waals surface area contributed by atoms with E-state index < -0.39 is 0 Å². The molecule has 2 saturated carbocycles. The Balaban J connectivity index is 1.48. The van der Waals surface area contributed by atoms with Crippen LogP contribution in [0.3, 0.4) is 0 Å². The van der Waals surface area contributed by atoms with Crippen LogP contribution in [0, 0.1) is 17.3 Å². The second kappa shape index (κ2) is 3.87. The first-order chi connectivity index (χ1) is 7.64. The quantitative estimate of drug-likeness (QED) is 0.701. The van der Waals surface area contributed by atoms with Crippen molar-refractivity contribution in [2.45, 2.75) is 64.5 Å². The van der Waals surface area contributed by atoms with E-state index in [-0.39, 0.29) is 0 Å². The molecule has 0 spiro atoms. The van der Waals surface area contributed by atoms with Crippen LogP contribution in [-0.4, -0.2) is 12.1 Å². The average Bonchev–Trinajstić information content (AvgIpc) is 2.58. The van der Waals surface area contributed by atoms with Crippen LogP contribution >= 0.6 is 0 Å². The highest BCUT2D eigenvalue weighted by Gasteiger charge is 2.42. The van der Waals surface area contributed by atoms with Crippen molar-refractivity contribution >= 4 is 0 Å². The monoisotopic (exact) mass is 219 g/mol. The third-order valence-electron chi connectivity index (χ3n) is 5.15. The Kier molecular flexibility index (Phi) is 2.62. The van der Waals surface area contributed by atoms with Gasteiger partial charge in [-0.2, -0.15) is 0 Å². The Morgan fingerprint density at radius 2 is 1.94 bits per heavy atom. The standard InChI is InChI=1S/C15H25N/c1-15(2)8-6-12(7-9-15)16-14-10-11-4-3-5-13(11)14/h3,5,11-14,16H,4,6-10H2,1-2H3. The van der Waals surface area contributed by atoms with Gasteiger partial charge in [-0.1, -0.05) is 26.0 Å². The molecule has 16 heavy (non-hydrogen) atoms. The fourth-order valence-corrected chi connectivity index (χ4v) is 3.78. The van der Waals surface area contributed by atoms with Gasteiger partial charge in [0.25, 0.3) is 0 Å². The molecule has 90 valence electrons. The van der Waals surface area contributed by atoms with Crippen molar-refractivity contribution in [3.8, 4) is 0 Å². The lowest BCUT2D eigenvalue weighted by molar-refractivity contribution is 0.122. The summed E-state index contributed by atoms with van der Waals surface area (Å²) in [6.45, 7) is 4.84. The molecule has 1 nitrogen and oxygen atoms in total. The van der Waals surface area contributed by atoms with Crippen LogP contribution in [-0.2, 0) is 0 Å². The second-order valence-electron chi connectivity index (χ2n) is 6.95. The molecule has 0 amide bonds. The normalized spacial score (nSPS) is 41.8. The molecular formula is C15H25N. The Morgan fingerprint density at radius 3 is 2.62 bits per heavy atom. The maximum atomic E-state index is 3.91. The molecular weight excluding hydrogens is 194 g/mol. The summed E-state index contributed by atoms with van der Waals surface area (Å²) in [6.07, 6.45) is 13.2. The zero-order valence-electron chi connectivity index (χ0n) is 10.7. The van der Waals surface area contributed by atoms with Crippen molar-refractivity contribution in [3.63, 3.8) is 0 Å². The molecule has 1 N–H and O–H groups in total. The molecule has 3 aliphatic rings. The van der Waals surface area contributed by atoms with Crippen LogP contribution in [0.25, 0.3) is 0 Å². The molecule has 3 rings (SSSR count). The van der Waals surface area contributed by atoms with E-state index in [0.29, 0.717) is 5.41 Å². The first kappa shape index (κ1) is 10.8. The highest BCUT2D eigenvalue weighted by Crippen LogP contribution is 2.44. The smallest absolute Gasteiger partial charge is 0.0138 e. The van der Waals surface area contributed by atoms with Crippen molar-refractivity contribution < 1.29 is 0 Å². The molecule has 1 heteroatoms. The molecule has 0 saturated heterocycles. The molecule has 2 fully saturated rings. The van der Waals surface area contributed by atoms with Crippen LogP contribution in [0.4, 0.5) is 0 Å². The SMILES string of the molecule is CC1(C)CCC(NC2CC3CC=CC32)CC1. The van der Waals surface area contributed by atoms with E-state index in [9.17, 15) is 0 Å². The number of allylic oxidation sites excluding steroid dienone is 1. The molecule has 0 aromatic heterocycles. The van der Waals surface area contributed by atoms with Crippen LogP contribution < -0.4 is 5.32 Å². The second-order valence-corrected chi connectivity index (χ2v) is 6.95. The summed E-state index contributed by atoms with van der Waals surface area (Å²) in [7, 11) is 0. The fourth-order valence-electron chi connectivity index (χ4n) is 3.78. The molecule has 3 atom stereocenters. The molecule has 0 bridgehead atoms. The molecule has 3 aliphatic carbocycles. The lowest BCUT2D eigenvalue weighted by Gasteiger charge is -2.45. The molecule has 0 aromatic carbocycles. The largest absolute Gasteiger partial charge is 0.311 e. The van der Waals surface area contributed by atoms with E-state index in [2.05, 4.69) is 31.3 Å². The fraction of sp³-hybridized carbons (Fsp3) is 0.867. The van der Waals surface area contributed by atoms with Crippen molar-refractivity contribution in [2.24, 2.45) is 17.3 Å². The van der Waals surface area contributed by atoms with Crippen molar-refractivity contribution in [1.82, 2.24) is 5.32 Å². The van der Waals surface area contributed by atoms with Crippen LogP contribution in [0.2, 0.25) is 0 Å². The predicted octanol–water partition coefficient (Wildman–Crippen LogP) is 3.51. The molecule has 0 radical (unpaired) electrons. The van der Waals surface area contributed by atoms with Gasteiger partial charge in [-0.3, -0.25) is 0 Å². The summed E-state index contributed by atoms with van der Waals surface area (Å²) in [6, 6.07) is 1.63. The van der Waals surface area contributed by atoms with Gasteiger partial charge in [0.2, 0.25) is 0 Å². The third kappa shape index (κ3) is 1.95. The van der Waals surface area contributed by atoms with Gasteiger partial charge in [0.15, 0.2) is 0 Å². The van der Waals surface area contributed by atoms with Crippen molar-refractivity contribution in [1.29, 1.82) is 0 Å². The summed E-state index contributed by atoms with van der Waals surface area (Å²) in [5, 5.41) is 3.91. The van der Waals surface area contributed by atoms with Crippen molar-refractivity contribution in [2.75, 3.05) is 0 Å². The maximum absolute atomic E-state index is 3.91.